The Morgan fingerprint density at radius 2 is 1.88 bits per heavy atom. The van der Waals surface area contributed by atoms with Gasteiger partial charge in [0, 0.05) is 5.56 Å². The molecule has 0 aliphatic rings. The molecule has 1 N–H and O–H groups in total. The van der Waals surface area contributed by atoms with E-state index in [4.69, 9.17) is 4.74 Å². The van der Waals surface area contributed by atoms with E-state index in [-0.39, 0.29) is 22.2 Å². The molecular weight excluding hydrogens is 328 g/mol. The lowest BCUT2D eigenvalue weighted by Crippen LogP contribution is -2.10. The van der Waals surface area contributed by atoms with E-state index < -0.39 is 15.8 Å². The van der Waals surface area contributed by atoms with Crippen molar-refractivity contribution in [3.05, 3.63) is 41.1 Å². The Balaban J connectivity index is 2.52. The molecule has 0 amide bonds. The summed E-state index contributed by atoms with van der Waals surface area (Å²) in [5.41, 5.74) is 1.42. The maximum atomic E-state index is 12.9. The highest BCUT2D eigenvalue weighted by Crippen LogP contribution is 2.26. The predicted molar refractivity (Wildman–Crippen MR) is 89.8 cm³/mol. The number of carbonyl (C=O) groups is 1. The van der Waals surface area contributed by atoms with Crippen molar-refractivity contribution in [3.8, 4) is 0 Å². The van der Waals surface area contributed by atoms with Crippen LogP contribution in [-0.2, 0) is 21.0 Å². The molecule has 0 aliphatic heterocycles. The summed E-state index contributed by atoms with van der Waals surface area (Å²) in [4.78, 5) is 12.2. The molecule has 2 aromatic rings. The van der Waals surface area contributed by atoms with Gasteiger partial charge in [-0.2, -0.15) is 5.10 Å². The molecule has 0 fully saturated rings. The number of carbonyl (C=O) groups excluding carboxylic acids is 1. The summed E-state index contributed by atoms with van der Waals surface area (Å²) in [6.07, 6.45) is 2.07. The molecule has 0 spiro atoms. The third-order valence-electron chi connectivity index (χ3n) is 3.68. The lowest BCUT2D eigenvalue weighted by molar-refractivity contribution is 0.0518. The van der Waals surface area contributed by atoms with Crippen molar-refractivity contribution in [2.75, 3.05) is 6.61 Å². The maximum Gasteiger partial charge on any atom is 0.359 e. The molecule has 0 aliphatic carbocycles. The SMILES string of the molecule is CCCCc1c(C(=O)OCC)n[nH]c1S(=O)(=O)c1ccc(C)cc1. The van der Waals surface area contributed by atoms with Crippen LogP contribution in [0.2, 0.25) is 0 Å². The average Bonchev–Trinajstić information content (AvgIpc) is 2.98. The molecule has 0 saturated carbocycles. The van der Waals surface area contributed by atoms with Crippen LogP contribution >= 0.6 is 0 Å². The Morgan fingerprint density at radius 3 is 2.46 bits per heavy atom. The summed E-state index contributed by atoms with van der Waals surface area (Å²) < 4.78 is 30.8. The Kier molecular flexibility index (Phi) is 5.77. The number of aromatic amines is 1. The topological polar surface area (TPSA) is 89.1 Å². The molecule has 2 rings (SSSR count). The number of benzene rings is 1. The fourth-order valence-corrected chi connectivity index (χ4v) is 3.78. The summed E-state index contributed by atoms with van der Waals surface area (Å²) in [7, 11) is -3.77. The molecule has 6 nitrogen and oxygen atoms in total. The fourth-order valence-electron chi connectivity index (χ4n) is 2.36. The van der Waals surface area contributed by atoms with E-state index in [0.29, 0.717) is 12.0 Å². The second kappa shape index (κ2) is 7.61. The van der Waals surface area contributed by atoms with Crippen LogP contribution < -0.4 is 0 Å². The van der Waals surface area contributed by atoms with Crippen LogP contribution in [0, 0.1) is 6.92 Å². The number of aryl methyl sites for hydroxylation is 1. The van der Waals surface area contributed by atoms with E-state index in [0.717, 1.165) is 18.4 Å². The molecular formula is C17H22N2O4S. The largest absolute Gasteiger partial charge is 0.461 e. The van der Waals surface area contributed by atoms with E-state index >= 15 is 0 Å². The minimum atomic E-state index is -3.77. The second-order valence-corrected chi connectivity index (χ2v) is 7.41. The van der Waals surface area contributed by atoms with Crippen LogP contribution in [0.25, 0.3) is 0 Å². The van der Waals surface area contributed by atoms with Crippen molar-refractivity contribution in [2.45, 2.75) is 50.0 Å². The van der Waals surface area contributed by atoms with Crippen LogP contribution in [0.5, 0.6) is 0 Å². The van der Waals surface area contributed by atoms with Crippen LogP contribution in [0.4, 0.5) is 0 Å². The van der Waals surface area contributed by atoms with Gasteiger partial charge in [0.2, 0.25) is 9.84 Å². The number of unbranched alkanes of at least 4 members (excludes halogenated alkanes) is 1. The van der Waals surface area contributed by atoms with Gasteiger partial charge in [0.1, 0.15) is 0 Å². The normalized spacial score (nSPS) is 11.5. The monoisotopic (exact) mass is 350 g/mol. The van der Waals surface area contributed by atoms with Crippen molar-refractivity contribution in [1.29, 1.82) is 0 Å². The summed E-state index contributed by atoms with van der Waals surface area (Å²) in [6, 6.07) is 6.58. The average molecular weight is 350 g/mol. The summed E-state index contributed by atoms with van der Waals surface area (Å²) >= 11 is 0. The van der Waals surface area contributed by atoms with Crippen LogP contribution in [-0.4, -0.2) is 31.2 Å². The van der Waals surface area contributed by atoms with Gasteiger partial charge in [0.25, 0.3) is 0 Å². The van der Waals surface area contributed by atoms with Gasteiger partial charge in [0.15, 0.2) is 10.7 Å². The first-order chi connectivity index (χ1) is 11.4. The zero-order valence-electron chi connectivity index (χ0n) is 14.1. The first-order valence-corrected chi connectivity index (χ1v) is 9.46. The molecule has 1 aromatic heterocycles. The number of esters is 1. The predicted octanol–water partition coefficient (Wildman–Crippen LogP) is 3.07. The highest BCUT2D eigenvalue weighted by molar-refractivity contribution is 7.91. The van der Waals surface area contributed by atoms with E-state index in [1.165, 1.54) is 0 Å². The Labute approximate surface area is 142 Å². The van der Waals surface area contributed by atoms with Gasteiger partial charge in [-0.3, -0.25) is 5.10 Å². The number of nitrogens with one attached hydrogen (secondary N) is 1. The lowest BCUT2D eigenvalue weighted by atomic mass is 10.1. The van der Waals surface area contributed by atoms with E-state index in [2.05, 4.69) is 10.2 Å². The number of ether oxygens (including phenoxy) is 1. The van der Waals surface area contributed by atoms with Crippen molar-refractivity contribution >= 4 is 15.8 Å². The number of H-pyrrole nitrogens is 1. The van der Waals surface area contributed by atoms with E-state index in [1.807, 2.05) is 13.8 Å². The van der Waals surface area contributed by atoms with Crippen molar-refractivity contribution in [3.63, 3.8) is 0 Å². The highest BCUT2D eigenvalue weighted by Gasteiger charge is 2.29. The lowest BCUT2D eigenvalue weighted by Gasteiger charge is -2.07. The summed E-state index contributed by atoms with van der Waals surface area (Å²) in [5.74, 6) is -0.606. The summed E-state index contributed by atoms with van der Waals surface area (Å²) in [5, 5.41) is 6.43. The van der Waals surface area contributed by atoms with Gasteiger partial charge in [-0.25, -0.2) is 13.2 Å². The van der Waals surface area contributed by atoms with Crippen molar-refractivity contribution in [1.82, 2.24) is 10.2 Å². The van der Waals surface area contributed by atoms with Crippen molar-refractivity contribution in [2.24, 2.45) is 0 Å². The fraction of sp³-hybridized carbons (Fsp3) is 0.412. The molecule has 0 atom stereocenters. The van der Waals surface area contributed by atoms with E-state index in [9.17, 15) is 13.2 Å². The van der Waals surface area contributed by atoms with Gasteiger partial charge in [-0.05, 0) is 38.8 Å². The maximum absolute atomic E-state index is 12.9. The minimum absolute atomic E-state index is 0.0251. The third-order valence-corrected chi connectivity index (χ3v) is 5.45. The van der Waals surface area contributed by atoms with Crippen LogP contribution in [0.1, 0.15) is 48.3 Å². The second-order valence-electron chi connectivity index (χ2n) is 5.52. The zero-order chi connectivity index (χ0) is 17.7. The molecule has 0 bridgehead atoms. The molecule has 1 heterocycles. The molecule has 24 heavy (non-hydrogen) atoms. The molecule has 7 heteroatoms. The van der Waals surface area contributed by atoms with Crippen LogP contribution in [0.3, 0.4) is 0 Å². The number of rotatable bonds is 7. The number of aromatic nitrogens is 2. The smallest absolute Gasteiger partial charge is 0.359 e. The zero-order valence-corrected chi connectivity index (χ0v) is 14.9. The molecule has 130 valence electrons. The number of hydrogen-bond acceptors (Lipinski definition) is 5. The molecule has 0 radical (unpaired) electrons. The Bertz CT molecular complexity index is 808. The molecule has 0 saturated heterocycles. The minimum Gasteiger partial charge on any atom is -0.461 e. The quantitative estimate of drug-likeness (QED) is 0.775. The highest BCUT2D eigenvalue weighted by atomic mass is 32.2. The van der Waals surface area contributed by atoms with Gasteiger partial charge < -0.3 is 4.74 Å². The number of sulfone groups is 1. The number of nitrogens with zero attached hydrogens (tertiary/aromatic N) is 1. The Hall–Kier alpha value is -2.15. The first kappa shape index (κ1) is 18.2. The Morgan fingerprint density at radius 1 is 1.21 bits per heavy atom. The third kappa shape index (κ3) is 3.67. The summed E-state index contributed by atoms with van der Waals surface area (Å²) in [6.45, 7) is 5.79. The van der Waals surface area contributed by atoms with Crippen LogP contribution in [0.15, 0.2) is 34.2 Å². The van der Waals surface area contributed by atoms with Gasteiger partial charge in [-0.15, -0.1) is 0 Å². The van der Waals surface area contributed by atoms with Gasteiger partial charge in [0.05, 0.1) is 11.5 Å². The van der Waals surface area contributed by atoms with Crippen molar-refractivity contribution < 1.29 is 17.9 Å². The van der Waals surface area contributed by atoms with E-state index in [1.54, 1.807) is 31.2 Å². The number of hydrogen-bond donors (Lipinski definition) is 1. The first-order valence-electron chi connectivity index (χ1n) is 7.97. The standard InChI is InChI=1S/C17H22N2O4S/c1-4-6-7-14-15(17(20)23-5-2)18-19-16(14)24(21,22)13-10-8-12(3)9-11-13/h8-11H,4-7H2,1-3H3,(H,18,19). The molecule has 0 unspecified atom stereocenters. The van der Waals surface area contributed by atoms with Gasteiger partial charge >= 0.3 is 5.97 Å². The van der Waals surface area contributed by atoms with Gasteiger partial charge in [-0.1, -0.05) is 31.0 Å². The molecule has 1 aromatic carbocycles.